The van der Waals surface area contributed by atoms with E-state index in [1.807, 2.05) is 0 Å². The molecule has 0 radical (unpaired) electrons. The van der Waals surface area contributed by atoms with Gasteiger partial charge in [0.2, 0.25) is 0 Å². The van der Waals surface area contributed by atoms with Gasteiger partial charge < -0.3 is 33.8 Å². The van der Waals surface area contributed by atoms with Gasteiger partial charge in [0.25, 0.3) is 0 Å². The highest BCUT2D eigenvalue weighted by Gasteiger charge is 2.30. The fourth-order valence-corrected chi connectivity index (χ4v) is 12.9. The molecular weight excluding hydrogens is 1220 g/mol. The molecule has 0 aromatic rings. The van der Waals surface area contributed by atoms with Crippen LogP contribution in [0, 0.1) is 5.92 Å². The van der Waals surface area contributed by atoms with Crippen LogP contribution in [-0.2, 0) is 65.4 Å². The zero-order valence-electron chi connectivity index (χ0n) is 60.4. The first-order valence-electron chi connectivity index (χ1n) is 38.6. The summed E-state index contributed by atoms with van der Waals surface area (Å²) >= 11 is 0. The molecule has 2 unspecified atom stereocenters. The van der Waals surface area contributed by atoms with Gasteiger partial charge in [0.05, 0.1) is 26.4 Å². The first kappa shape index (κ1) is 91.1. The van der Waals surface area contributed by atoms with Gasteiger partial charge >= 0.3 is 39.5 Å². The molecule has 0 heterocycles. The number of carbonyl (C=O) groups excluding carboxylic acids is 4. The van der Waals surface area contributed by atoms with Crippen LogP contribution in [0.2, 0.25) is 0 Å². The quantitative estimate of drug-likeness (QED) is 0.0222. The predicted octanol–water partition coefficient (Wildman–Crippen LogP) is 21.7. The third kappa shape index (κ3) is 68.4. The highest BCUT2D eigenvalue weighted by molar-refractivity contribution is 7.47. The highest BCUT2D eigenvalue weighted by atomic mass is 31.2. The largest absolute Gasteiger partial charge is 0.472 e. The van der Waals surface area contributed by atoms with Crippen LogP contribution >= 0.6 is 15.6 Å². The van der Waals surface area contributed by atoms with Gasteiger partial charge in [0.15, 0.2) is 12.2 Å². The van der Waals surface area contributed by atoms with Crippen molar-refractivity contribution in [2.45, 2.75) is 406 Å². The summed E-state index contributed by atoms with van der Waals surface area (Å²) in [6.07, 6.45) is 55.2. The Labute approximate surface area is 568 Å². The van der Waals surface area contributed by atoms with E-state index in [4.69, 9.17) is 37.0 Å². The number of esters is 4. The van der Waals surface area contributed by atoms with Crippen LogP contribution in [0.4, 0.5) is 0 Å². The average molecular weight is 1370 g/mol. The molecule has 93 heavy (non-hydrogen) atoms. The fraction of sp³-hybridized carbons (Fsp3) is 0.946. The Morgan fingerprint density at radius 3 is 0.731 bits per heavy atom. The monoisotopic (exact) mass is 1370 g/mol. The maximum absolute atomic E-state index is 13.1. The first-order chi connectivity index (χ1) is 45.0. The number of aliphatic hydroxyl groups excluding tert-OH is 1. The molecule has 0 spiro atoms. The smallest absolute Gasteiger partial charge is 0.462 e. The molecular formula is C74H144O17P2. The van der Waals surface area contributed by atoms with Crippen LogP contribution < -0.4 is 0 Å². The van der Waals surface area contributed by atoms with Crippen LogP contribution in [0.25, 0.3) is 0 Å². The molecule has 0 aromatic carbocycles. The van der Waals surface area contributed by atoms with E-state index >= 15 is 0 Å². The number of hydrogen-bond acceptors (Lipinski definition) is 15. The predicted molar refractivity (Wildman–Crippen MR) is 377 cm³/mol. The van der Waals surface area contributed by atoms with Crippen molar-refractivity contribution in [3.8, 4) is 0 Å². The highest BCUT2D eigenvalue weighted by Crippen LogP contribution is 2.45. The van der Waals surface area contributed by atoms with E-state index in [9.17, 15) is 43.2 Å². The third-order valence-electron chi connectivity index (χ3n) is 17.3. The number of carbonyl (C=O) groups is 4. The lowest BCUT2D eigenvalue weighted by Gasteiger charge is -2.21. The maximum atomic E-state index is 13.1. The lowest BCUT2D eigenvalue weighted by atomic mass is 10.0. The average Bonchev–Trinajstić information content (AvgIpc) is 2.36. The molecule has 0 aliphatic rings. The summed E-state index contributed by atoms with van der Waals surface area (Å²) in [4.78, 5) is 72.7. The van der Waals surface area contributed by atoms with Crippen molar-refractivity contribution in [2.24, 2.45) is 5.92 Å². The number of phosphoric acid groups is 2. The van der Waals surface area contributed by atoms with Crippen molar-refractivity contribution < 1.29 is 80.2 Å². The SMILES string of the molecule is CCCCCCCCCCCCCCCC(=O)OC[C@H](COP(=O)(O)OC[C@@H](O)COP(=O)(O)OC[C@@H](COC(=O)CCCCCCCCCCCCC)OC(=O)CCCCCCCCCCCCCC)OC(=O)CCCCCCCCCCCCCCCCC(C)C. The number of hydrogen-bond donors (Lipinski definition) is 3. The number of phosphoric ester groups is 2. The molecule has 0 rings (SSSR count). The molecule has 19 heteroatoms. The zero-order valence-corrected chi connectivity index (χ0v) is 62.2. The van der Waals surface area contributed by atoms with Crippen molar-refractivity contribution >= 4 is 39.5 Å². The Hall–Kier alpha value is -1.94. The van der Waals surface area contributed by atoms with E-state index in [1.54, 1.807) is 0 Å². The van der Waals surface area contributed by atoms with E-state index in [-0.39, 0.29) is 25.7 Å². The van der Waals surface area contributed by atoms with Gasteiger partial charge in [-0.25, -0.2) is 9.13 Å². The summed E-state index contributed by atoms with van der Waals surface area (Å²) in [7, 11) is -9.90. The first-order valence-corrected chi connectivity index (χ1v) is 41.6. The van der Waals surface area contributed by atoms with Crippen LogP contribution in [0.15, 0.2) is 0 Å². The fourth-order valence-electron chi connectivity index (χ4n) is 11.4. The second-order valence-corrected chi connectivity index (χ2v) is 30.1. The Kier molecular flexibility index (Phi) is 65.9. The summed E-state index contributed by atoms with van der Waals surface area (Å²) in [5.41, 5.74) is 0. The lowest BCUT2D eigenvalue weighted by Crippen LogP contribution is -2.30. The zero-order chi connectivity index (χ0) is 68.4. The molecule has 3 N–H and O–H groups in total. The number of aliphatic hydroxyl groups is 1. The molecule has 0 bridgehead atoms. The number of rotatable bonds is 74. The van der Waals surface area contributed by atoms with Crippen LogP contribution in [0.5, 0.6) is 0 Å². The second-order valence-electron chi connectivity index (χ2n) is 27.2. The summed E-state index contributed by atoms with van der Waals surface area (Å²) in [5.74, 6) is -1.32. The standard InChI is InChI=1S/C74H144O17P2/c1-6-9-12-15-18-21-24-28-34-38-43-48-53-58-72(77)85-64-70(91-74(79)60-55-50-45-40-35-30-27-26-29-32-36-41-46-51-56-67(4)5)66-89-93(82,83)87-62-68(75)61-86-92(80,81)88-65-69(63-84-71(76)57-52-47-42-37-31-23-20-17-14-11-8-3)90-73(78)59-54-49-44-39-33-25-22-19-16-13-10-7-2/h67-70,75H,6-66H2,1-5H3,(H,80,81)(H,82,83)/t68-,69+,70+/m0/s1. The van der Waals surface area contributed by atoms with Crippen molar-refractivity contribution in [1.82, 2.24) is 0 Å². The van der Waals surface area contributed by atoms with Gasteiger partial charge in [-0.2, -0.15) is 0 Å². The van der Waals surface area contributed by atoms with Gasteiger partial charge in [-0.3, -0.25) is 37.3 Å². The normalized spacial score (nSPS) is 14.0. The van der Waals surface area contributed by atoms with Crippen LogP contribution in [-0.4, -0.2) is 96.7 Å². The summed E-state index contributed by atoms with van der Waals surface area (Å²) in [5, 5.41) is 10.6. The maximum Gasteiger partial charge on any atom is 0.472 e. The molecule has 0 amide bonds. The van der Waals surface area contributed by atoms with Crippen molar-refractivity contribution in [2.75, 3.05) is 39.6 Å². The Morgan fingerprint density at radius 1 is 0.290 bits per heavy atom. The molecule has 5 atom stereocenters. The van der Waals surface area contributed by atoms with E-state index < -0.39 is 97.5 Å². The van der Waals surface area contributed by atoms with E-state index in [1.165, 1.54) is 212 Å². The molecule has 0 aromatic heterocycles. The van der Waals surface area contributed by atoms with Gasteiger partial charge in [0.1, 0.15) is 19.3 Å². The minimum Gasteiger partial charge on any atom is -0.462 e. The van der Waals surface area contributed by atoms with Gasteiger partial charge in [-0.1, -0.05) is 336 Å². The molecule has 0 fully saturated rings. The molecule has 0 aliphatic carbocycles. The molecule has 0 aliphatic heterocycles. The van der Waals surface area contributed by atoms with E-state index in [2.05, 4.69) is 34.6 Å². The Bertz CT molecular complexity index is 1790. The molecule has 0 saturated carbocycles. The van der Waals surface area contributed by atoms with E-state index in [0.29, 0.717) is 25.7 Å². The second kappa shape index (κ2) is 67.3. The summed E-state index contributed by atoms with van der Waals surface area (Å²) in [6, 6.07) is 0. The lowest BCUT2D eigenvalue weighted by molar-refractivity contribution is -0.161. The van der Waals surface area contributed by atoms with Gasteiger partial charge in [-0.05, 0) is 31.6 Å². The molecule has 17 nitrogen and oxygen atoms in total. The van der Waals surface area contributed by atoms with Crippen LogP contribution in [0.1, 0.15) is 388 Å². The number of ether oxygens (including phenoxy) is 4. The minimum atomic E-state index is -4.95. The summed E-state index contributed by atoms with van der Waals surface area (Å²) < 4.78 is 68.5. The minimum absolute atomic E-state index is 0.108. The van der Waals surface area contributed by atoms with Crippen LogP contribution in [0.3, 0.4) is 0 Å². The van der Waals surface area contributed by atoms with Gasteiger partial charge in [0, 0.05) is 25.7 Å². The molecule has 552 valence electrons. The topological polar surface area (TPSA) is 237 Å². The van der Waals surface area contributed by atoms with Crippen molar-refractivity contribution in [1.29, 1.82) is 0 Å². The van der Waals surface area contributed by atoms with Crippen molar-refractivity contribution in [3.63, 3.8) is 0 Å². The van der Waals surface area contributed by atoms with E-state index in [0.717, 1.165) is 95.8 Å². The van der Waals surface area contributed by atoms with Crippen molar-refractivity contribution in [3.05, 3.63) is 0 Å². The summed E-state index contributed by atoms with van der Waals surface area (Å²) in [6.45, 7) is 7.30. The molecule has 0 saturated heterocycles. The Balaban J connectivity index is 5.24. The van der Waals surface area contributed by atoms with Gasteiger partial charge in [-0.15, -0.1) is 0 Å². The third-order valence-corrected chi connectivity index (χ3v) is 19.2. The Morgan fingerprint density at radius 2 is 0.495 bits per heavy atom. The number of unbranched alkanes of at least 4 members (excludes halogenated alkanes) is 46.